The van der Waals surface area contributed by atoms with Gasteiger partial charge in [-0.15, -0.1) is 0 Å². The molecule has 0 aliphatic rings. The van der Waals surface area contributed by atoms with E-state index in [0.717, 1.165) is 31.9 Å². The van der Waals surface area contributed by atoms with Crippen molar-refractivity contribution < 1.29 is 14.3 Å². The Bertz CT molecular complexity index is 438. The lowest BCUT2D eigenvalue weighted by Crippen LogP contribution is -2.32. The summed E-state index contributed by atoms with van der Waals surface area (Å²) in [5.41, 5.74) is 1.78. The first kappa shape index (κ1) is 18.5. The van der Waals surface area contributed by atoms with Gasteiger partial charge in [0.1, 0.15) is 5.60 Å². The lowest BCUT2D eigenvalue weighted by Gasteiger charge is -2.19. The van der Waals surface area contributed by atoms with E-state index in [1.807, 2.05) is 39.8 Å². The van der Waals surface area contributed by atoms with Gasteiger partial charge in [-0.2, -0.15) is 0 Å². The standard InChI is InChI=1S/C17H28N2O3/c1-5-21-11-10-18-12-14-6-8-15(9-7-14)13-19-16(20)22-17(2,3)4/h6-9,18H,5,10-13H2,1-4H3,(H,19,20). The Hall–Kier alpha value is -1.59. The van der Waals surface area contributed by atoms with Crippen LogP contribution in [0.25, 0.3) is 0 Å². The molecule has 0 aliphatic carbocycles. The largest absolute Gasteiger partial charge is 0.444 e. The highest BCUT2D eigenvalue weighted by atomic mass is 16.6. The minimum atomic E-state index is -0.471. The third-order valence-electron chi connectivity index (χ3n) is 2.82. The van der Waals surface area contributed by atoms with Crippen molar-refractivity contribution in [3.05, 3.63) is 35.4 Å². The van der Waals surface area contributed by atoms with Crippen LogP contribution < -0.4 is 10.6 Å². The van der Waals surface area contributed by atoms with E-state index in [0.29, 0.717) is 6.54 Å². The van der Waals surface area contributed by atoms with Gasteiger partial charge in [0.25, 0.3) is 0 Å². The Labute approximate surface area is 133 Å². The Kier molecular flexibility index (Phi) is 7.91. The molecule has 124 valence electrons. The second-order valence-corrected chi connectivity index (χ2v) is 6.05. The predicted molar refractivity (Wildman–Crippen MR) is 87.7 cm³/mol. The molecule has 0 fully saturated rings. The molecule has 5 nitrogen and oxygen atoms in total. The van der Waals surface area contributed by atoms with Gasteiger partial charge in [-0.1, -0.05) is 24.3 Å². The fraction of sp³-hybridized carbons (Fsp3) is 0.588. The SMILES string of the molecule is CCOCCNCc1ccc(CNC(=O)OC(C)(C)C)cc1. The van der Waals surface area contributed by atoms with E-state index >= 15 is 0 Å². The number of alkyl carbamates (subject to hydrolysis) is 1. The molecule has 1 rings (SSSR count). The topological polar surface area (TPSA) is 59.6 Å². The normalized spacial score (nSPS) is 11.3. The number of rotatable bonds is 8. The van der Waals surface area contributed by atoms with Crippen LogP contribution in [0.3, 0.4) is 0 Å². The quantitative estimate of drug-likeness (QED) is 0.725. The average molecular weight is 308 g/mol. The maximum absolute atomic E-state index is 11.6. The minimum Gasteiger partial charge on any atom is -0.444 e. The Morgan fingerprint density at radius 1 is 1.09 bits per heavy atom. The van der Waals surface area contributed by atoms with Crippen molar-refractivity contribution in [2.45, 2.75) is 46.4 Å². The lowest BCUT2D eigenvalue weighted by molar-refractivity contribution is 0.0523. The van der Waals surface area contributed by atoms with Crippen molar-refractivity contribution >= 4 is 6.09 Å². The molecule has 0 unspecified atom stereocenters. The van der Waals surface area contributed by atoms with Crippen LogP contribution in [0.1, 0.15) is 38.8 Å². The number of nitrogens with one attached hydrogen (secondary N) is 2. The van der Waals surface area contributed by atoms with Crippen LogP contribution in [0.15, 0.2) is 24.3 Å². The highest BCUT2D eigenvalue weighted by Gasteiger charge is 2.15. The Balaban J connectivity index is 2.28. The minimum absolute atomic E-state index is 0.394. The van der Waals surface area contributed by atoms with Gasteiger partial charge < -0.3 is 20.1 Å². The van der Waals surface area contributed by atoms with E-state index in [1.54, 1.807) is 0 Å². The Morgan fingerprint density at radius 3 is 2.23 bits per heavy atom. The monoisotopic (exact) mass is 308 g/mol. The van der Waals surface area contributed by atoms with Crippen LogP contribution in [0.2, 0.25) is 0 Å². The van der Waals surface area contributed by atoms with Crippen LogP contribution in [0.5, 0.6) is 0 Å². The molecule has 0 saturated carbocycles. The zero-order valence-corrected chi connectivity index (χ0v) is 14.1. The summed E-state index contributed by atoms with van der Waals surface area (Å²) in [5, 5.41) is 6.07. The summed E-state index contributed by atoms with van der Waals surface area (Å²) in [6, 6.07) is 8.13. The molecule has 0 saturated heterocycles. The zero-order valence-electron chi connectivity index (χ0n) is 14.1. The molecule has 0 spiro atoms. The number of hydrogen-bond donors (Lipinski definition) is 2. The van der Waals surface area contributed by atoms with E-state index in [4.69, 9.17) is 9.47 Å². The first-order chi connectivity index (χ1) is 10.4. The average Bonchev–Trinajstić information content (AvgIpc) is 2.44. The summed E-state index contributed by atoms with van der Waals surface area (Å²) in [6.07, 6.45) is -0.394. The van der Waals surface area contributed by atoms with Gasteiger partial charge in [-0.25, -0.2) is 4.79 Å². The first-order valence-electron chi connectivity index (χ1n) is 7.74. The number of amides is 1. The molecule has 5 heteroatoms. The summed E-state index contributed by atoms with van der Waals surface area (Å²) < 4.78 is 10.5. The van der Waals surface area contributed by atoms with Crippen LogP contribution in [0, 0.1) is 0 Å². The fourth-order valence-electron chi connectivity index (χ4n) is 1.78. The second-order valence-electron chi connectivity index (χ2n) is 6.05. The van der Waals surface area contributed by atoms with E-state index in [2.05, 4.69) is 22.8 Å². The number of benzene rings is 1. The van der Waals surface area contributed by atoms with E-state index < -0.39 is 11.7 Å². The molecule has 0 heterocycles. The van der Waals surface area contributed by atoms with Crippen molar-refractivity contribution in [1.29, 1.82) is 0 Å². The van der Waals surface area contributed by atoms with Crippen molar-refractivity contribution in [1.82, 2.24) is 10.6 Å². The molecule has 1 amide bonds. The maximum Gasteiger partial charge on any atom is 0.407 e. The Morgan fingerprint density at radius 2 is 1.68 bits per heavy atom. The molecule has 0 bridgehead atoms. The molecular weight excluding hydrogens is 280 g/mol. The van der Waals surface area contributed by atoms with E-state index in [1.165, 1.54) is 5.56 Å². The van der Waals surface area contributed by atoms with E-state index in [-0.39, 0.29) is 0 Å². The molecular formula is C17H28N2O3. The second kappa shape index (κ2) is 9.43. The zero-order chi connectivity index (χ0) is 16.4. The third-order valence-corrected chi connectivity index (χ3v) is 2.82. The van der Waals surface area contributed by atoms with Crippen molar-refractivity contribution in [3.63, 3.8) is 0 Å². The molecule has 1 aromatic carbocycles. The van der Waals surface area contributed by atoms with Crippen molar-refractivity contribution in [2.75, 3.05) is 19.8 Å². The maximum atomic E-state index is 11.6. The summed E-state index contributed by atoms with van der Waals surface area (Å²) >= 11 is 0. The van der Waals surface area contributed by atoms with Crippen LogP contribution in [-0.4, -0.2) is 31.5 Å². The van der Waals surface area contributed by atoms with Gasteiger partial charge in [0, 0.05) is 26.2 Å². The van der Waals surface area contributed by atoms with Gasteiger partial charge in [-0.3, -0.25) is 0 Å². The van der Waals surface area contributed by atoms with Gasteiger partial charge in [0.15, 0.2) is 0 Å². The van der Waals surface area contributed by atoms with Gasteiger partial charge >= 0.3 is 6.09 Å². The van der Waals surface area contributed by atoms with Gasteiger partial charge in [0.05, 0.1) is 6.61 Å². The van der Waals surface area contributed by atoms with Crippen LogP contribution in [0.4, 0.5) is 4.79 Å². The molecule has 0 radical (unpaired) electrons. The van der Waals surface area contributed by atoms with E-state index in [9.17, 15) is 4.79 Å². The van der Waals surface area contributed by atoms with Crippen molar-refractivity contribution in [3.8, 4) is 0 Å². The lowest BCUT2D eigenvalue weighted by atomic mass is 10.1. The number of ether oxygens (including phenoxy) is 2. The van der Waals surface area contributed by atoms with Crippen LogP contribution >= 0.6 is 0 Å². The molecule has 0 atom stereocenters. The molecule has 0 aromatic heterocycles. The van der Waals surface area contributed by atoms with Gasteiger partial charge in [0.2, 0.25) is 0 Å². The van der Waals surface area contributed by atoms with Crippen molar-refractivity contribution in [2.24, 2.45) is 0 Å². The number of carbonyl (C=O) groups excluding carboxylic acids is 1. The van der Waals surface area contributed by atoms with Gasteiger partial charge in [-0.05, 0) is 38.8 Å². The number of carbonyl (C=O) groups is 1. The summed E-state index contributed by atoms with van der Waals surface area (Å²) in [7, 11) is 0. The predicted octanol–water partition coefficient (Wildman–Crippen LogP) is 2.84. The summed E-state index contributed by atoms with van der Waals surface area (Å²) in [4.78, 5) is 11.6. The first-order valence-corrected chi connectivity index (χ1v) is 7.74. The smallest absolute Gasteiger partial charge is 0.407 e. The highest BCUT2D eigenvalue weighted by molar-refractivity contribution is 5.67. The summed E-state index contributed by atoms with van der Waals surface area (Å²) in [6.45, 7) is 11.1. The highest BCUT2D eigenvalue weighted by Crippen LogP contribution is 2.08. The molecule has 1 aromatic rings. The molecule has 22 heavy (non-hydrogen) atoms. The van der Waals surface area contributed by atoms with Crippen LogP contribution in [-0.2, 0) is 22.6 Å². The number of hydrogen-bond acceptors (Lipinski definition) is 4. The molecule has 2 N–H and O–H groups in total. The molecule has 0 aliphatic heterocycles. The fourth-order valence-corrected chi connectivity index (χ4v) is 1.78. The summed E-state index contributed by atoms with van der Waals surface area (Å²) in [5.74, 6) is 0. The third kappa shape index (κ3) is 8.64.